The lowest BCUT2D eigenvalue weighted by Crippen LogP contribution is -1.95. The van der Waals surface area contributed by atoms with Gasteiger partial charge in [0, 0.05) is 5.56 Å². The number of hydrogen-bond donors (Lipinski definition) is 0. The van der Waals surface area contributed by atoms with Crippen molar-refractivity contribution in [3.05, 3.63) is 89.0 Å². The molecule has 0 saturated carbocycles. The molecule has 0 amide bonds. The Labute approximate surface area is 188 Å². The van der Waals surface area contributed by atoms with Crippen molar-refractivity contribution in [2.24, 2.45) is 10.2 Å². The van der Waals surface area contributed by atoms with Gasteiger partial charge >= 0.3 is 0 Å². The topological polar surface area (TPSA) is 34.0 Å². The van der Waals surface area contributed by atoms with Crippen LogP contribution in [-0.4, -0.2) is 6.61 Å². The zero-order valence-electron chi connectivity index (χ0n) is 18.4. The molecule has 0 fully saturated rings. The number of unbranched alkanes of at least 4 members (excludes halogenated alkanes) is 1. The van der Waals surface area contributed by atoms with Crippen LogP contribution < -0.4 is 4.74 Å². The van der Waals surface area contributed by atoms with Gasteiger partial charge in [0.05, 0.1) is 23.5 Å². The predicted octanol–water partition coefficient (Wildman–Crippen LogP) is 7.91. The lowest BCUT2D eigenvalue weighted by Gasteiger charge is -2.04. The summed E-state index contributed by atoms with van der Waals surface area (Å²) >= 11 is 0. The zero-order valence-corrected chi connectivity index (χ0v) is 18.4. The van der Waals surface area contributed by atoms with E-state index < -0.39 is 11.6 Å². The summed E-state index contributed by atoms with van der Waals surface area (Å²) < 4.78 is 34.0. The molecule has 0 heterocycles. The van der Waals surface area contributed by atoms with Crippen LogP contribution >= 0.6 is 0 Å². The van der Waals surface area contributed by atoms with E-state index in [2.05, 4.69) is 29.0 Å². The monoisotopic (exact) mass is 432 g/mol. The Balaban J connectivity index is 1.64. The largest absolute Gasteiger partial charge is 0.494 e. The van der Waals surface area contributed by atoms with E-state index in [1.807, 2.05) is 31.2 Å². The number of aryl methyl sites for hydroxylation is 1. The van der Waals surface area contributed by atoms with E-state index in [-0.39, 0.29) is 5.56 Å². The van der Waals surface area contributed by atoms with E-state index in [4.69, 9.17) is 4.74 Å². The summed E-state index contributed by atoms with van der Waals surface area (Å²) in [4.78, 5) is 0. The average Bonchev–Trinajstić information content (AvgIpc) is 2.79. The van der Waals surface area contributed by atoms with E-state index in [9.17, 15) is 8.78 Å². The zero-order chi connectivity index (χ0) is 22.8. The van der Waals surface area contributed by atoms with Gasteiger partial charge in [-0.05, 0) is 79.1 Å². The third-order valence-corrected chi connectivity index (χ3v) is 4.72. The van der Waals surface area contributed by atoms with Gasteiger partial charge < -0.3 is 4.74 Å². The molecule has 0 spiro atoms. The number of hydrogen-bond acceptors (Lipinski definition) is 3. The molecule has 0 saturated heterocycles. The van der Waals surface area contributed by atoms with Gasteiger partial charge in [-0.3, -0.25) is 0 Å². The Hall–Kier alpha value is -3.52. The van der Waals surface area contributed by atoms with E-state index >= 15 is 0 Å². The maximum Gasteiger partial charge on any atom is 0.142 e. The molecule has 0 bridgehead atoms. The molecule has 0 aliphatic carbocycles. The number of azo groups is 1. The Bertz CT molecular complexity index is 1090. The molecule has 3 aromatic rings. The van der Waals surface area contributed by atoms with Gasteiger partial charge in [-0.25, -0.2) is 8.78 Å². The fraction of sp³-hybridized carbons (Fsp3) is 0.259. The lowest BCUT2D eigenvalue weighted by atomic mass is 10.1. The van der Waals surface area contributed by atoms with Gasteiger partial charge in [-0.1, -0.05) is 38.5 Å². The molecule has 0 N–H and O–H groups in total. The fourth-order valence-corrected chi connectivity index (χ4v) is 2.98. The normalized spacial score (nSPS) is 10.8. The van der Waals surface area contributed by atoms with Crippen molar-refractivity contribution in [1.82, 2.24) is 0 Å². The molecule has 3 nitrogen and oxygen atoms in total. The van der Waals surface area contributed by atoms with Crippen LogP contribution in [0.2, 0.25) is 0 Å². The molecule has 0 aliphatic heterocycles. The first kappa shape index (κ1) is 23.1. The van der Waals surface area contributed by atoms with Crippen LogP contribution in [0, 0.1) is 23.5 Å². The lowest BCUT2D eigenvalue weighted by molar-refractivity contribution is 0.309. The minimum absolute atomic E-state index is 0.212. The Morgan fingerprint density at radius 1 is 0.781 bits per heavy atom. The molecule has 164 valence electrons. The van der Waals surface area contributed by atoms with Gasteiger partial charge in [0.1, 0.15) is 17.4 Å². The maximum absolute atomic E-state index is 14.2. The summed E-state index contributed by atoms with van der Waals surface area (Å²) in [5.41, 5.74) is 2.43. The molecular formula is C27H26F2N2O. The fourth-order valence-electron chi connectivity index (χ4n) is 2.98. The van der Waals surface area contributed by atoms with Crippen LogP contribution in [0.25, 0.3) is 0 Å². The van der Waals surface area contributed by atoms with Crippen molar-refractivity contribution < 1.29 is 13.5 Å². The van der Waals surface area contributed by atoms with E-state index in [1.165, 1.54) is 12.1 Å². The average molecular weight is 433 g/mol. The summed E-state index contributed by atoms with van der Waals surface area (Å²) in [6.07, 6.45) is 3.58. The van der Waals surface area contributed by atoms with Crippen LogP contribution in [-0.2, 0) is 6.42 Å². The highest BCUT2D eigenvalue weighted by Crippen LogP contribution is 2.22. The first-order valence-corrected chi connectivity index (χ1v) is 10.8. The first-order chi connectivity index (χ1) is 15.6. The number of benzene rings is 3. The molecule has 3 aromatic carbocycles. The minimum Gasteiger partial charge on any atom is -0.494 e. The SMILES string of the molecule is CCCCOc1ccc(N=Nc2ccc(C#Cc3c(F)cc(CCC)cc3F)cc2)cc1. The Morgan fingerprint density at radius 2 is 1.38 bits per heavy atom. The maximum atomic E-state index is 14.2. The van der Waals surface area contributed by atoms with Crippen LogP contribution in [0.4, 0.5) is 20.2 Å². The van der Waals surface area contributed by atoms with Crippen LogP contribution in [0.15, 0.2) is 70.9 Å². The molecule has 0 unspecified atom stereocenters. The highest BCUT2D eigenvalue weighted by Gasteiger charge is 2.08. The summed E-state index contributed by atoms with van der Waals surface area (Å²) in [6, 6.07) is 17.1. The van der Waals surface area contributed by atoms with Crippen molar-refractivity contribution in [2.45, 2.75) is 39.5 Å². The third-order valence-electron chi connectivity index (χ3n) is 4.72. The van der Waals surface area contributed by atoms with Crippen molar-refractivity contribution in [1.29, 1.82) is 0 Å². The van der Waals surface area contributed by atoms with Crippen LogP contribution in [0.3, 0.4) is 0 Å². The number of ether oxygens (including phenoxy) is 1. The number of rotatable bonds is 8. The highest BCUT2D eigenvalue weighted by atomic mass is 19.1. The minimum atomic E-state index is -0.631. The quantitative estimate of drug-likeness (QED) is 0.202. The molecule has 32 heavy (non-hydrogen) atoms. The van der Waals surface area contributed by atoms with Gasteiger partial charge in [0.2, 0.25) is 0 Å². The first-order valence-electron chi connectivity index (χ1n) is 10.8. The van der Waals surface area contributed by atoms with Crippen molar-refractivity contribution >= 4 is 11.4 Å². The third kappa shape index (κ3) is 6.75. The molecule has 5 heteroatoms. The summed E-state index contributed by atoms with van der Waals surface area (Å²) in [7, 11) is 0. The van der Waals surface area contributed by atoms with Crippen LogP contribution in [0.1, 0.15) is 49.8 Å². The van der Waals surface area contributed by atoms with E-state index in [0.29, 0.717) is 35.5 Å². The summed E-state index contributed by atoms with van der Waals surface area (Å²) in [6.45, 7) is 4.79. The van der Waals surface area contributed by atoms with Gasteiger partial charge in [0.15, 0.2) is 0 Å². The van der Waals surface area contributed by atoms with Crippen molar-refractivity contribution in [3.63, 3.8) is 0 Å². The highest BCUT2D eigenvalue weighted by molar-refractivity contribution is 5.49. The summed E-state index contributed by atoms with van der Waals surface area (Å²) in [5.74, 6) is 4.96. The van der Waals surface area contributed by atoms with E-state index in [0.717, 1.165) is 25.0 Å². The summed E-state index contributed by atoms with van der Waals surface area (Å²) in [5, 5.41) is 8.43. The molecule has 0 radical (unpaired) electrons. The van der Waals surface area contributed by atoms with E-state index in [1.54, 1.807) is 24.3 Å². The number of halogens is 2. The van der Waals surface area contributed by atoms with Gasteiger partial charge in [-0.2, -0.15) is 10.2 Å². The standard InChI is InChI=1S/C27H26F2N2O/c1-3-5-17-32-24-14-12-23(13-15-24)31-30-22-10-7-20(8-11-22)9-16-25-26(28)18-21(6-4-2)19-27(25)29/h7-8,10-15,18-19H,3-6,17H2,1-2H3. The van der Waals surface area contributed by atoms with Crippen molar-refractivity contribution in [2.75, 3.05) is 6.61 Å². The predicted molar refractivity (Wildman–Crippen MR) is 124 cm³/mol. The molecule has 0 aliphatic rings. The van der Waals surface area contributed by atoms with Crippen molar-refractivity contribution in [3.8, 4) is 17.6 Å². The number of nitrogens with zero attached hydrogens (tertiary/aromatic N) is 2. The second kappa shape index (κ2) is 11.8. The smallest absolute Gasteiger partial charge is 0.142 e. The molecule has 0 aromatic heterocycles. The molecule has 3 rings (SSSR count). The Morgan fingerprint density at radius 3 is 1.94 bits per heavy atom. The van der Waals surface area contributed by atoms with Gasteiger partial charge in [0.25, 0.3) is 0 Å². The Kier molecular flexibility index (Phi) is 8.51. The second-order valence-corrected chi connectivity index (χ2v) is 7.38. The van der Waals surface area contributed by atoms with Gasteiger partial charge in [-0.15, -0.1) is 0 Å². The van der Waals surface area contributed by atoms with Crippen LogP contribution in [0.5, 0.6) is 5.75 Å². The molecule has 0 atom stereocenters. The second-order valence-electron chi connectivity index (χ2n) is 7.38. The molecular weight excluding hydrogens is 406 g/mol.